The SMILES string of the molecule is C=C1CC(C(C)O)C(C(=O)NI)CCCC1C(=O)C(C)CC. The van der Waals surface area contributed by atoms with Crippen molar-refractivity contribution in [1.29, 1.82) is 0 Å². The van der Waals surface area contributed by atoms with Crippen LogP contribution in [0.1, 0.15) is 52.9 Å². The third-order valence-corrected chi connectivity index (χ3v) is 5.54. The molecule has 1 rings (SSSR count). The van der Waals surface area contributed by atoms with Crippen molar-refractivity contribution in [1.82, 2.24) is 3.53 Å². The normalized spacial score (nSPS) is 29.1. The van der Waals surface area contributed by atoms with Gasteiger partial charge in [-0.2, -0.15) is 0 Å². The number of halogens is 1. The molecule has 5 atom stereocenters. The van der Waals surface area contributed by atoms with E-state index in [0.29, 0.717) is 12.8 Å². The summed E-state index contributed by atoms with van der Waals surface area (Å²) in [4.78, 5) is 24.6. The lowest BCUT2D eigenvalue weighted by Crippen LogP contribution is -2.38. The van der Waals surface area contributed by atoms with Gasteiger partial charge in [-0.05, 0) is 38.5 Å². The van der Waals surface area contributed by atoms with Gasteiger partial charge in [0.25, 0.3) is 0 Å². The third-order valence-electron chi connectivity index (χ3n) is 5.01. The Morgan fingerprint density at radius 1 is 1.41 bits per heavy atom. The molecule has 0 aliphatic heterocycles. The highest BCUT2D eigenvalue weighted by molar-refractivity contribution is 14.1. The predicted molar refractivity (Wildman–Crippen MR) is 96.4 cm³/mol. The average molecular weight is 421 g/mol. The molecule has 5 unspecified atom stereocenters. The summed E-state index contributed by atoms with van der Waals surface area (Å²) >= 11 is 1.85. The first kappa shape index (κ1) is 19.6. The lowest BCUT2D eigenvalue weighted by atomic mass is 9.72. The maximum atomic E-state index is 12.5. The number of aliphatic hydroxyl groups excluding tert-OH is 1. The maximum Gasteiger partial charge on any atom is 0.232 e. The second kappa shape index (κ2) is 9.01. The van der Waals surface area contributed by atoms with Crippen LogP contribution in [0.3, 0.4) is 0 Å². The molecule has 1 saturated carbocycles. The molecule has 1 amide bonds. The summed E-state index contributed by atoms with van der Waals surface area (Å²) in [5.74, 6) is -0.248. The van der Waals surface area contributed by atoms with E-state index in [0.717, 1.165) is 24.8 Å². The number of nitrogens with one attached hydrogen (secondary N) is 1. The molecule has 0 aromatic rings. The third kappa shape index (κ3) is 4.78. The van der Waals surface area contributed by atoms with Crippen LogP contribution in [0.15, 0.2) is 12.2 Å². The molecule has 5 heteroatoms. The Labute approximate surface area is 147 Å². The fourth-order valence-corrected chi connectivity index (χ4v) is 3.74. The fourth-order valence-electron chi connectivity index (χ4n) is 3.34. The van der Waals surface area contributed by atoms with Crippen LogP contribution < -0.4 is 3.53 Å². The Balaban J connectivity index is 2.95. The smallest absolute Gasteiger partial charge is 0.232 e. The van der Waals surface area contributed by atoms with Gasteiger partial charge in [-0.15, -0.1) is 0 Å². The summed E-state index contributed by atoms with van der Waals surface area (Å²) in [5.41, 5.74) is 0.877. The quantitative estimate of drug-likeness (QED) is 0.406. The highest BCUT2D eigenvalue weighted by atomic mass is 127. The van der Waals surface area contributed by atoms with Crippen molar-refractivity contribution in [3.8, 4) is 0 Å². The Hall–Kier alpha value is -0.430. The van der Waals surface area contributed by atoms with Gasteiger partial charge in [0.05, 0.1) is 29.0 Å². The Morgan fingerprint density at radius 3 is 2.55 bits per heavy atom. The van der Waals surface area contributed by atoms with Crippen molar-refractivity contribution in [2.45, 2.75) is 59.0 Å². The molecule has 0 aromatic heterocycles. The van der Waals surface area contributed by atoms with E-state index in [2.05, 4.69) is 10.1 Å². The van der Waals surface area contributed by atoms with Gasteiger partial charge < -0.3 is 5.11 Å². The average Bonchev–Trinajstić information content (AvgIpc) is 2.48. The van der Waals surface area contributed by atoms with Crippen LogP contribution in [0.2, 0.25) is 0 Å². The predicted octanol–water partition coefficient (Wildman–Crippen LogP) is 3.43. The summed E-state index contributed by atoms with van der Waals surface area (Å²) in [6, 6.07) is 0. The minimum atomic E-state index is -0.590. The van der Waals surface area contributed by atoms with E-state index in [1.54, 1.807) is 6.92 Å². The summed E-state index contributed by atoms with van der Waals surface area (Å²) in [6.07, 6.45) is 3.07. The van der Waals surface area contributed by atoms with Crippen LogP contribution in [0, 0.1) is 23.7 Å². The maximum absolute atomic E-state index is 12.5. The molecule has 2 N–H and O–H groups in total. The minimum absolute atomic E-state index is 0.0361. The van der Waals surface area contributed by atoms with Gasteiger partial charge in [-0.1, -0.05) is 32.4 Å². The van der Waals surface area contributed by atoms with Crippen LogP contribution in [0.25, 0.3) is 0 Å². The van der Waals surface area contributed by atoms with E-state index >= 15 is 0 Å². The van der Waals surface area contributed by atoms with E-state index in [1.807, 2.05) is 36.7 Å². The van der Waals surface area contributed by atoms with Crippen molar-refractivity contribution in [2.24, 2.45) is 23.7 Å². The molecule has 4 nitrogen and oxygen atoms in total. The van der Waals surface area contributed by atoms with Crippen LogP contribution in [-0.2, 0) is 9.59 Å². The molecular formula is C17H28INO3. The number of rotatable bonds is 5. The Bertz CT molecular complexity index is 422. The lowest BCUT2D eigenvalue weighted by Gasteiger charge is -2.34. The number of allylic oxidation sites excluding steroid dienone is 1. The molecule has 22 heavy (non-hydrogen) atoms. The van der Waals surface area contributed by atoms with Gasteiger partial charge in [0.1, 0.15) is 5.78 Å². The van der Waals surface area contributed by atoms with Gasteiger partial charge in [-0.25, -0.2) is 0 Å². The van der Waals surface area contributed by atoms with Crippen LogP contribution >= 0.6 is 22.9 Å². The first-order valence-corrected chi connectivity index (χ1v) is 9.21. The summed E-state index contributed by atoms with van der Waals surface area (Å²) in [6.45, 7) is 9.83. The molecule has 126 valence electrons. The van der Waals surface area contributed by atoms with Crippen LogP contribution in [0.5, 0.6) is 0 Å². The number of amides is 1. The lowest BCUT2D eigenvalue weighted by molar-refractivity contribution is -0.127. The number of Topliss-reactive ketones (excluding diaryl/α,β-unsaturated/α-hetero) is 1. The van der Waals surface area contributed by atoms with E-state index in [-0.39, 0.29) is 35.4 Å². The van der Waals surface area contributed by atoms with E-state index in [4.69, 9.17) is 0 Å². The number of carbonyl (C=O) groups is 2. The highest BCUT2D eigenvalue weighted by Gasteiger charge is 2.36. The van der Waals surface area contributed by atoms with E-state index in [1.165, 1.54) is 0 Å². The number of hydrogen-bond acceptors (Lipinski definition) is 3. The molecule has 0 bridgehead atoms. The number of carbonyl (C=O) groups excluding carboxylic acids is 2. The monoisotopic (exact) mass is 421 g/mol. The Kier molecular flexibility index (Phi) is 8.03. The molecule has 0 heterocycles. The Morgan fingerprint density at radius 2 is 2.05 bits per heavy atom. The molecule has 0 spiro atoms. The van der Waals surface area contributed by atoms with Crippen molar-refractivity contribution >= 4 is 34.6 Å². The van der Waals surface area contributed by atoms with Crippen LogP contribution in [-0.4, -0.2) is 22.9 Å². The molecule has 0 saturated heterocycles. The second-order valence-electron chi connectivity index (χ2n) is 6.53. The van der Waals surface area contributed by atoms with Crippen molar-refractivity contribution < 1.29 is 14.7 Å². The molecule has 0 aromatic carbocycles. The molecular weight excluding hydrogens is 393 g/mol. The first-order valence-electron chi connectivity index (χ1n) is 8.13. The van der Waals surface area contributed by atoms with Gasteiger partial charge in [0.2, 0.25) is 5.91 Å². The largest absolute Gasteiger partial charge is 0.393 e. The van der Waals surface area contributed by atoms with Gasteiger partial charge in [-0.3, -0.25) is 13.1 Å². The molecule has 1 aliphatic rings. The highest BCUT2D eigenvalue weighted by Crippen LogP contribution is 2.37. The van der Waals surface area contributed by atoms with Crippen molar-refractivity contribution in [2.75, 3.05) is 0 Å². The fraction of sp³-hybridized carbons (Fsp3) is 0.765. The molecule has 0 radical (unpaired) electrons. The number of ketones is 1. The van der Waals surface area contributed by atoms with Gasteiger partial charge >= 0.3 is 0 Å². The van der Waals surface area contributed by atoms with Crippen molar-refractivity contribution in [3.63, 3.8) is 0 Å². The van der Waals surface area contributed by atoms with E-state index in [9.17, 15) is 14.7 Å². The van der Waals surface area contributed by atoms with Crippen molar-refractivity contribution in [3.05, 3.63) is 12.2 Å². The zero-order valence-corrected chi connectivity index (χ0v) is 15.9. The van der Waals surface area contributed by atoms with E-state index < -0.39 is 6.10 Å². The standard InChI is InChI=1S/C17H28INO3/c1-5-10(2)16(21)13-7-6-8-14(17(22)19-18)15(12(4)20)9-11(13)3/h10,12-15,20H,3,5-9H2,1-2,4H3,(H,19,22). The zero-order chi connectivity index (χ0) is 16.9. The second-order valence-corrected chi connectivity index (χ2v) is 7.07. The molecule has 1 aliphatic carbocycles. The van der Waals surface area contributed by atoms with Gasteiger partial charge in [0, 0.05) is 17.8 Å². The minimum Gasteiger partial charge on any atom is -0.393 e. The van der Waals surface area contributed by atoms with Gasteiger partial charge in [0.15, 0.2) is 0 Å². The molecule has 1 fully saturated rings. The topological polar surface area (TPSA) is 66.4 Å². The number of aliphatic hydroxyl groups is 1. The number of hydrogen-bond donors (Lipinski definition) is 2. The summed E-state index contributed by atoms with van der Waals surface area (Å²) in [7, 11) is 0. The first-order chi connectivity index (χ1) is 10.3. The summed E-state index contributed by atoms with van der Waals surface area (Å²) < 4.78 is 2.67. The van der Waals surface area contributed by atoms with Crippen LogP contribution in [0.4, 0.5) is 0 Å². The summed E-state index contributed by atoms with van der Waals surface area (Å²) in [5, 5.41) is 10.1. The zero-order valence-electron chi connectivity index (χ0n) is 13.8.